The Morgan fingerprint density at radius 3 is 2.53 bits per heavy atom. The van der Waals surface area contributed by atoms with Crippen molar-refractivity contribution in [1.29, 1.82) is 0 Å². The number of hydrogen-bond acceptors (Lipinski definition) is 8. The molecule has 9 nitrogen and oxygen atoms in total. The van der Waals surface area contributed by atoms with Crippen LogP contribution in [0.4, 0.5) is 11.8 Å². The van der Waals surface area contributed by atoms with Gasteiger partial charge in [-0.1, -0.05) is 32.4 Å². The maximum Gasteiger partial charge on any atom is 0.222 e. The van der Waals surface area contributed by atoms with Crippen LogP contribution in [0.3, 0.4) is 0 Å². The number of nitrogens with one attached hydrogen (secondary N) is 2. The summed E-state index contributed by atoms with van der Waals surface area (Å²) in [6.45, 7) is 7.47. The predicted octanol–water partition coefficient (Wildman–Crippen LogP) is 4.97. The largest absolute Gasteiger partial charge is 0.496 e. The van der Waals surface area contributed by atoms with Crippen molar-refractivity contribution >= 4 is 22.8 Å². The van der Waals surface area contributed by atoms with Crippen LogP contribution in [0.15, 0.2) is 48.7 Å². The molecule has 0 aliphatic carbocycles. The number of anilines is 2. The highest BCUT2D eigenvalue weighted by Gasteiger charge is 2.15. The number of nitrogens with zero attached hydrogens (tertiary/aromatic N) is 4. The molecule has 0 bridgehead atoms. The molecule has 0 aliphatic rings. The summed E-state index contributed by atoms with van der Waals surface area (Å²) >= 11 is 0. The highest BCUT2D eigenvalue weighted by molar-refractivity contribution is 5.86. The zero-order chi connectivity index (χ0) is 25.3. The zero-order valence-corrected chi connectivity index (χ0v) is 21.3. The van der Waals surface area contributed by atoms with E-state index in [1.54, 1.807) is 13.3 Å². The van der Waals surface area contributed by atoms with Crippen LogP contribution in [0.25, 0.3) is 11.0 Å². The van der Waals surface area contributed by atoms with E-state index >= 15 is 0 Å². The molecule has 4 aromatic rings. The molecular weight excluding hydrogens is 454 g/mol. The number of unbranched alkanes of at least 4 members (excludes halogenated alkanes) is 1. The molecule has 4 N–H and O–H groups in total. The van der Waals surface area contributed by atoms with Crippen LogP contribution in [0, 0.1) is 0 Å². The van der Waals surface area contributed by atoms with Crippen molar-refractivity contribution in [3.63, 3.8) is 0 Å². The van der Waals surface area contributed by atoms with Gasteiger partial charge in [0.2, 0.25) is 5.95 Å². The summed E-state index contributed by atoms with van der Waals surface area (Å²) in [5.41, 5.74) is 9.62. The molecule has 0 saturated carbocycles. The molecule has 0 atom stereocenters. The van der Waals surface area contributed by atoms with Gasteiger partial charge in [-0.2, -0.15) is 10.1 Å². The van der Waals surface area contributed by atoms with Gasteiger partial charge in [0.25, 0.3) is 0 Å². The topological polar surface area (TPSA) is 112 Å². The van der Waals surface area contributed by atoms with E-state index in [0.29, 0.717) is 29.4 Å². The van der Waals surface area contributed by atoms with Crippen molar-refractivity contribution in [2.75, 3.05) is 31.2 Å². The summed E-state index contributed by atoms with van der Waals surface area (Å²) in [5, 5.41) is 11.3. The van der Waals surface area contributed by atoms with Gasteiger partial charge >= 0.3 is 0 Å². The molecule has 2 aromatic heterocycles. The molecule has 0 amide bonds. The minimum absolute atomic E-state index is 0.227. The van der Waals surface area contributed by atoms with Crippen LogP contribution in [0.5, 0.6) is 17.2 Å². The minimum Gasteiger partial charge on any atom is -0.496 e. The van der Waals surface area contributed by atoms with Crippen molar-refractivity contribution in [1.82, 2.24) is 25.1 Å². The second kappa shape index (κ2) is 12.2. The van der Waals surface area contributed by atoms with Crippen LogP contribution in [0.1, 0.15) is 44.2 Å². The number of nitrogen functional groups attached to an aromatic ring is 1. The highest BCUT2D eigenvalue weighted by atomic mass is 16.5. The lowest BCUT2D eigenvalue weighted by Gasteiger charge is -2.14. The average Bonchev–Trinajstić information content (AvgIpc) is 3.28. The van der Waals surface area contributed by atoms with Crippen LogP contribution < -0.4 is 25.8 Å². The van der Waals surface area contributed by atoms with Gasteiger partial charge in [0.05, 0.1) is 19.9 Å². The van der Waals surface area contributed by atoms with Gasteiger partial charge in [-0.05, 0) is 49.2 Å². The number of hydrogen-bond donors (Lipinski definition) is 3. The summed E-state index contributed by atoms with van der Waals surface area (Å²) in [6.07, 6.45) is 4.95. The maximum absolute atomic E-state index is 6.08. The van der Waals surface area contributed by atoms with E-state index in [9.17, 15) is 0 Å². The van der Waals surface area contributed by atoms with Crippen molar-refractivity contribution in [3.05, 3.63) is 59.8 Å². The average molecular weight is 490 g/mol. The third-order valence-electron chi connectivity index (χ3n) is 5.82. The fraction of sp³-hybridized carbons (Fsp3) is 0.370. The monoisotopic (exact) mass is 489 g/mol. The molecule has 0 unspecified atom stereocenters. The first-order valence-corrected chi connectivity index (χ1v) is 12.5. The first-order chi connectivity index (χ1) is 17.6. The number of rotatable bonds is 13. The molecule has 190 valence electrons. The molecule has 9 heteroatoms. The Hall–Kier alpha value is -3.85. The van der Waals surface area contributed by atoms with E-state index in [1.165, 1.54) is 5.56 Å². The number of fused-ring (bicyclic) bond motifs is 1. The molecule has 0 spiro atoms. The number of methoxy groups -OCH3 is 1. The van der Waals surface area contributed by atoms with Crippen LogP contribution in [-0.4, -0.2) is 39.9 Å². The predicted molar refractivity (Wildman–Crippen MR) is 144 cm³/mol. The quantitative estimate of drug-likeness (QED) is 0.226. The number of aromatic nitrogens is 4. The first kappa shape index (κ1) is 25.2. The fourth-order valence-corrected chi connectivity index (χ4v) is 3.94. The zero-order valence-electron chi connectivity index (χ0n) is 21.3. The molecule has 0 radical (unpaired) electrons. The summed E-state index contributed by atoms with van der Waals surface area (Å²) in [5.74, 6) is 3.12. The normalized spacial score (nSPS) is 11.1. The van der Waals surface area contributed by atoms with Gasteiger partial charge in [-0.3, -0.25) is 4.68 Å². The molecule has 36 heavy (non-hydrogen) atoms. The molecule has 0 fully saturated rings. The fourth-order valence-electron chi connectivity index (χ4n) is 3.94. The van der Waals surface area contributed by atoms with E-state index < -0.39 is 0 Å². The van der Waals surface area contributed by atoms with Gasteiger partial charge in [0.1, 0.15) is 28.3 Å². The highest BCUT2D eigenvalue weighted by Crippen LogP contribution is 2.30. The molecule has 2 aromatic carbocycles. The Labute approximate surface area is 212 Å². The first-order valence-electron chi connectivity index (χ1n) is 12.5. The third kappa shape index (κ3) is 6.23. The van der Waals surface area contributed by atoms with Crippen LogP contribution in [0.2, 0.25) is 0 Å². The van der Waals surface area contributed by atoms with E-state index in [-0.39, 0.29) is 5.95 Å². The van der Waals surface area contributed by atoms with Gasteiger partial charge in [0.15, 0.2) is 5.82 Å². The summed E-state index contributed by atoms with van der Waals surface area (Å²) in [7, 11) is 1.66. The van der Waals surface area contributed by atoms with Gasteiger partial charge in [-0.25, -0.2) is 4.98 Å². The standard InChI is InChI=1S/C27H35N7O2/c1-4-6-14-30-26-25-23(32-27(28)33-26)17-31-34(25)18-20-9-12-22(15-24(20)35-3)36-21-10-7-19(8-11-21)16-29-13-5-2/h7-12,15,17,29H,4-6,13-14,16,18H2,1-3H3,(H3,28,30,32,33). The number of ether oxygens (including phenoxy) is 2. The van der Waals surface area contributed by atoms with E-state index in [2.05, 4.69) is 51.7 Å². The maximum atomic E-state index is 6.08. The molecular formula is C27H35N7O2. The van der Waals surface area contributed by atoms with Crippen molar-refractivity contribution in [3.8, 4) is 17.2 Å². The van der Waals surface area contributed by atoms with Crippen LogP contribution >= 0.6 is 0 Å². The lowest BCUT2D eigenvalue weighted by atomic mass is 10.2. The van der Waals surface area contributed by atoms with E-state index in [4.69, 9.17) is 15.2 Å². The summed E-state index contributed by atoms with van der Waals surface area (Å²) < 4.78 is 13.6. The SMILES string of the molecule is CCCCNc1nc(N)nc2cnn(Cc3ccc(Oc4ccc(CNCCC)cc4)cc3OC)c12. The molecule has 0 aliphatic heterocycles. The van der Waals surface area contributed by atoms with Crippen molar-refractivity contribution in [2.24, 2.45) is 0 Å². The van der Waals surface area contributed by atoms with Gasteiger partial charge in [-0.15, -0.1) is 0 Å². The second-order valence-corrected chi connectivity index (χ2v) is 8.64. The lowest BCUT2D eigenvalue weighted by molar-refractivity contribution is 0.402. The van der Waals surface area contributed by atoms with Crippen molar-refractivity contribution in [2.45, 2.75) is 46.2 Å². The Kier molecular flexibility index (Phi) is 8.57. The minimum atomic E-state index is 0.227. The van der Waals surface area contributed by atoms with Crippen LogP contribution in [-0.2, 0) is 13.1 Å². The Bertz CT molecular complexity index is 1270. The molecule has 4 rings (SSSR count). The lowest BCUT2D eigenvalue weighted by Crippen LogP contribution is -2.13. The Balaban J connectivity index is 1.51. The van der Waals surface area contributed by atoms with Crippen molar-refractivity contribution < 1.29 is 9.47 Å². The Morgan fingerprint density at radius 2 is 1.78 bits per heavy atom. The van der Waals surface area contributed by atoms with Gasteiger partial charge < -0.3 is 25.8 Å². The Morgan fingerprint density at radius 1 is 0.972 bits per heavy atom. The van der Waals surface area contributed by atoms with E-state index in [1.807, 2.05) is 35.0 Å². The number of nitrogens with two attached hydrogens (primary N) is 1. The smallest absolute Gasteiger partial charge is 0.222 e. The second-order valence-electron chi connectivity index (χ2n) is 8.64. The summed E-state index contributed by atoms with van der Waals surface area (Å²) in [6, 6.07) is 13.9. The van der Waals surface area contributed by atoms with E-state index in [0.717, 1.165) is 55.7 Å². The number of benzene rings is 2. The molecule has 0 saturated heterocycles. The summed E-state index contributed by atoms with van der Waals surface area (Å²) in [4.78, 5) is 8.76. The molecule has 2 heterocycles. The third-order valence-corrected chi connectivity index (χ3v) is 5.82. The van der Waals surface area contributed by atoms with Gasteiger partial charge in [0, 0.05) is 24.7 Å².